The van der Waals surface area contributed by atoms with Gasteiger partial charge in [-0.25, -0.2) is 0 Å². The lowest BCUT2D eigenvalue weighted by molar-refractivity contribution is 0.568. The summed E-state index contributed by atoms with van der Waals surface area (Å²) in [6.45, 7) is 2.07. The van der Waals surface area contributed by atoms with Crippen molar-refractivity contribution in [1.29, 1.82) is 0 Å². The van der Waals surface area contributed by atoms with E-state index in [0.717, 1.165) is 46.0 Å². The van der Waals surface area contributed by atoms with Gasteiger partial charge in [-0.3, -0.25) is 0 Å². The molecule has 1 saturated heterocycles. The van der Waals surface area contributed by atoms with Gasteiger partial charge >= 0.3 is 0 Å². The number of anilines is 1. The zero-order valence-electron chi connectivity index (χ0n) is 13.6. The molecular weight excluding hydrogens is 350 g/mol. The highest BCUT2D eigenvalue weighted by atomic mass is 32.1. The molecular formula is C18H17N5S2. The molecule has 0 aliphatic carbocycles. The van der Waals surface area contributed by atoms with E-state index < -0.39 is 0 Å². The molecule has 0 aromatic carbocycles. The van der Waals surface area contributed by atoms with Crippen molar-refractivity contribution in [2.45, 2.75) is 19.3 Å². The molecule has 1 fully saturated rings. The van der Waals surface area contributed by atoms with Crippen LogP contribution in [0.1, 0.15) is 19.3 Å². The summed E-state index contributed by atoms with van der Waals surface area (Å²) < 4.78 is 1.88. The number of rotatable bonds is 3. The van der Waals surface area contributed by atoms with Gasteiger partial charge in [0.15, 0.2) is 11.5 Å². The van der Waals surface area contributed by atoms with Crippen molar-refractivity contribution in [3.05, 3.63) is 41.1 Å². The molecule has 25 heavy (non-hydrogen) atoms. The van der Waals surface area contributed by atoms with Crippen LogP contribution in [0.2, 0.25) is 0 Å². The molecule has 5 heterocycles. The molecule has 0 amide bonds. The summed E-state index contributed by atoms with van der Waals surface area (Å²) in [5.74, 6) is 1.71. The van der Waals surface area contributed by atoms with Gasteiger partial charge < -0.3 is 4.90 Å². The van der Waals surface area contributed by atoms with E-state index in [1.54, 1.807) is 22.7 Å². The van der Waals surface area contributed by atoms with Crippen LogP contribution in [0.25, 0.3) is 26.9 Å². The molecule has 0 bridgehead atoms. The number of piperidine rings is 1. The zero-order chi connectivity index (χ0) is 16.6. The van der Waals surface area contributed by atoms with Crippen LogP contribution < -0.4 is 4.90 Å². The molecule has 1 aliphatic heterocycles. The van der Waals surface area contributed by atoms with Gasteiger partial charge in [-0.2, -0.15) is 19.6 Å². The molecule has 0 saturated carbocycles. The Balaban J connectivity index is 1.69. The number of thiophene rings is 2. The molecule has 4 aromatic heterocycles. The highest BCUT2D eigenvalue weighted by Crippen LogP contribution is 2.29. The fraction of sp³-hybridized carbons (Fsp3) is 0.278. The van der Waals surface area contributed by atoms with E-state index in [1.165, 1.54) is 19.3 Å². The average Bonchev–Trinajstić information content (AvgIpc) is 3.42. The van der Waals surface area contributed by atoms with Crippen molar-refractivity contribution in [1.82, 2.24) is 19.6 Å². The highest BCUT2D eigenvalue weighted by Gasteiger charge is 2.19. The molecule has 5 rings (SSSR count). The monoisotopic (exact) mass is 367 g/mol. The fourth-order valence-corrected chi connectivity index (χ4v) is 4.60. The van der Waals surface area contributed by atoms with E-state index in [9.17, 15) is 0 Å². The van der Waals surface area contributed by atoms with Crippen LogP contribution in [-0.4, -0.2) is 32.7 Å². The summed E-state index contributed by atoms with van der Waals surface area (Å²) in [4.78, 5) is 14.3. The Labute approximate surface area is 153 Å². The Morgan fingerprint density at radius 2 is 1.64 bits per heavy atom. The first-order chi connectivity index (χ1) is 12.4. The van der Waals surface area contributed by atoms with Crippen LogP contribution in [0.15, 0.2) is 41.1 Å². The molecule has 0 radical (unpaired) electrons. The second-order valence-electron chi connectivity index (χ2n) is 6.15. The summed E-state index contributed by atoms with van der Waals surface area (Å²) >= 11 is 3.38. The Bertz CT molecular complexity index is 982. The third kappa shape index (κ3) is 2.73. The molecule has 5 nitrogen and oxygen atoms in total. The maximum Gasteiger partial charge on any atom is 0.229 e. The van der Waals surface area contributed by atoms with E-state index in [0.29, 0.717) is 0 Å². The topological polar surface area (TPSA) is 46.3 Å². The lowest BCUT2D eigenvalue weighted by atomic mass is 10.1. The summed E-state index contributed by atoms with van der Waals surface area (Å²) in [5.41, 5.74) is 1.82. The van der Waals surface area contributed by atoms with Crippen LogP contribution in [0.3, 0.4) is 0 Å². The number of hydrogen-bond donors (Lipinski definition) is 0. The van der Waals surface area contributed by atoms with Gasteiger partial charge in [0.2, 0.25) is 5.95 Å². The largest absolute Gasteiger partial charge is 0.341 e. The maximum absolute atomic E-state index is 4.89. The van der Waals surface area contributed by atoms with Gasteiger partial charge in [-0.1, -0.05) is 12.1 Å². The lowest BCUT2D eigenvalue weighted by Crippen LogP contribution is -2.31. The molecule has 126 valence electrons. The standard InChI is InChI=1S/C18H17N5S2/c1-2-8-22(9-3-1)18-19-16-12-13(14-6-4-10-24-14)21-23(16)17(20-18)15-7-5-11-25-15/h4-7,10-12H,1-3,8-9H2. The van der Waals surface area contributed by atoms with Crippen LogP contribution >= 0.6 is 22.7 Å². The Morgan fingerprint density at radius 3 is 2.36 bits per heavy atom. The molecule has 1 aliphatic rings. The van der Waals surface area contributed by atoms with Crippen molar-refractivity contribution in [2.75, 3.05) is 18.0 Å². The first-order valence-electron chi connectivity index (χ1n) is 8.49. The maximum atomic E-state index is 4.89. The van der Waals surface area contributed by atoms with Crippen LogP contribution in [0.4, 0.5) is 5.95 Å². The van der Waals surface area contributed by atoms with Crippen LogP contribution in [0, 0.1) is 0 Å². The SMILES string of the molecule is c1csc(-c2cc3nc(N4CCCCC4)nc(-c4cccs4)n3n2)c1. The molecule has 0 unspecified atom stereocenters. The first-order valence-corrected chi connectivity index (χ1v) is 10.2. The summed E-state index contributed by atoms with van der Waals surface area (Å²) in [5, 5.41) is 8.94. The van der Waals surface area contributed by atoms with E-state index in [1.807, 2.05) is 4.52 Å². The minimum Gasteiger partial charge on any atom is -0.341 e. The Hall–Kier alpha value is -2.25. The third-order valence-corrected chi connectivity index (χ3v) is 6.22. The van der Waals surface area contributed by atoms with Crippen molar-refractivity contribution >= 4 is 34.3 Å². The van der Waals surface area contributed by atoms with Gasteiger partial charge in [-0.15, -0.1) is 22.7 Å². The van der Waals surface area contributed by atoms with Crippen LogP contribution in [-0.2, 0) is 0 Å². The Morgan fingerprint density at radius 1 is 0.880 bits per heavy atom. The van der Waals surface area contributed by atoms with Gasteiger partial charge in [0.25, 0.3) is 0 Å². The highest BCUT2D eigenvalue weighted by molar-refractivity contribution is 7.13. The first kappa shape index (κ1) is 15.0. The lowest BCUT2D eigenvalue weighted by Gasteiger charge is -2.26. The minimum atomic E-state index is 0.827. The fourth-order valence-electron chi connectivity index (χ4n) is 3.22. The van der Waals surface area contributed by atoms with Gasteiger partial charge in [0, 0.05) is 19.2 Å². The van der Waals surface area contributed by atoms with Crippen LogP contribution in [0.5, 0.6) is 0 Å². The third-order valence-electron chi connectivity index (χ3n) is 4.47. The van der Waals surface area contributed by atoms with Crippen molar-refractivity contribution < 1.29 is 0 Å². The molecule has 0 atom stereocenters. The van der Waals surface area contributed by atoms with Gasteiger partial charge in [0.1, 0.15) is 5.69 Å². The van der Waals surface area contributed by atoms with Gasteiger partial charge in [-0.05, 0) is 42.2 Å². The van der Waals surface area contributed by atoms with Crippen molar-refractivity contribution in [2.24, 2.45) is 0 Å². The van der Waals surface area contributed by atoms with E-state index in [-0.39, 0.29) is 0 Å². The minimum absolute atomic E-state index is 0.827. The average molecular weight is 368 g/mol. The zero-order valence-corrected chi connectivity index (χ0v) is 15.3. The second kappa shape index (κ2) is 6.24. The molecule has 4 aromatic rings. The predicted molar refractivity (Wildman–Crippen MR) is 103 cm³/mol. The summed E-state index contributed by atoms with van der Waals surface area (Å²) in [7, 11) is 0. The van der Waals surface area contributed by atoms with E-state index in [2.05, 4.69) is 46.0 Å². The smallest absolute Gasteiger partial charge is 0.229 e. The second-order valence-corrected chi connectivity index (χ2v) is 8.04. The van der Waals surface area contributed by atoms with Gasteiger partial charge in [0.05, 0.1) is 9.75 Å². The van der Waals surface area contributed by atoms with Crippen molar-refractivity contribution in [3.8, 4) is 21.3 Å². The van der Waals surface area contributed by atoms with Crippen molar-refractivity contribution in [3.63, 3.8) is 0 Å². The summed E-state index contributed by atoms with van der Waals surface area (Å²) in [6.07, 6.45) is 3.72. The molecule has 7 heteroatoms. The van der Waals surface area contributed by atoms with E-state index in [4.69, 9.17) is 15.1 Å². The number of aromatic nitrogens is 4. The molecule has 0 spiro atoms. The normalized spacial score (nSPS) is 15.1. The number of fused-ring (bicyclic) bond motifs is 1. The number of nitrogens with zero attached hydrogens (tertiary/aromatic N) is 5. The molecule has 0 N–H and O–H groups in total. The van der Waals surface area contributed by atoms with E-state index >= 15 is 0 Å². The number of hydrogen-bond acceptors (Lipinski definition) is 6. The Kier molecular flexibility index (Phi) is 3.75. The predicted octanol–water partition coefficient (Wildman–Crippen LogP) is 4.57. The quantitative estimate of drug-likeness (QED) is 0.532. The summed E-state index contributed by atoms with van der Waals surface area (Å²) in [6, 6.07) is 10.4.